The maximum atomic E-state index is 11.6. The summed E-state index contributed by atoms with van der Waals surface area (Å²) in [4.78, 5) is 42.5. The van der Waals surface area contributed by atoms with Crippen LogP contribution in [0.15, 0.2) is 5.16 Å². The van der Waals surface area contributed by atoms with E-state index < -0.39 is 35.4 Å². The first-order chi connectivity index (χ1) is 11.5. The van der Waals surface area contributed by atoms with Gasteiger partial charge in [-0.15, -0.1) is 0 Å². The highest BCUT2D eigenvalue weighted by Crippen LogP contribution is 2.15. The molecule has 0 aliphatic carbocycles. The minimum atomic E-state index is -1.50. The van der Waals surface area contributed by atoms with Crippen molar-refractivity contribution in [3.8, 4) is 0 Å². The summed E-state index contributed by atoms with van der Waals surface area (Å²) >= 11 is 0.710. The molecule has 134 valence electrons. The molecule has 25 heavy (non-hydrogen) atoms. The van der Waals surface area contributed by atoms with Crippen molar-refractivity contribution in [3.05, 3.63) is 5.82 Å². The van der Waals surface area contributed by atoms with Crippen molar-refractivity contribution in [1.82, 2.24) is 9.36 Å². The van der Waals surface area contributed by atoms with Crippen LogP contribution >= 0.6 is 11.5 Å². The predicted molar refractivity (Wildman–Crippen MR) is 86.3 cm³/mol. The van der Waals surface area contributed by atoms with Crippen LogP contribution in [-0.2, 0) is 23.8 Å². The average Bonchev–Trinajstić information content (AvgIpc) is 2.91. The van der Waals surface area contributed by atoms with Crippen LogP contribution in [-0.4, -0.2) is 58.0 Å². The minimum Gasteiger partial charge on any atom is -0.541 e. The fraction of sp³-hybridized carbons (Fsp3) is 0.500. The summed E-state index contributed by atoms with van der Waals surface area (Å²) in [5, 5.41) is 14.8. The molecule has 0 aliphatic rings. The van der Waals surface area contributed by atoms with Gasteiger partial charge in [0.2, 0.25) is 22.8 Å². The van der Waals surface area contributed by atoms with Gasteiger partial charge in [0, 0.05) is 11.5 Å². The summed E-state index contributed by atoms with van der Waals surface area (Å²) in [7, 11) is 4.67. The van der Waals surface area contributed by atoms with Crippen LogP contribution in [0.4, 0.5) is 9.93 Å². The molecule has 1 heterocycles. The Bertz CT molecular complexity index is 685. The van der Waals surface area contributed by atoms with E-state index in [-0.39, 0.29) is 11.0 Å². The van der Waals surface area contributed by atoms with Crippen molar-refractivity contribution in [3.63, 3.8) is 0 Å². The zero-order chi connectivity index (χ0) is 19.2. The summed E-state index contributed by atoms with van der Waals surface area (Å²) in [5.74, 6) is -2.78. The minimum absolute atomic E-state index is 0.00684. The summed E-state index contributed by atoms with van der Waals surface area (Å²) < 4.78 is 12.7. The quantitative estimate of drug-likeness (QED) is 0.419. The lowest BCUT2D eigenvalue weighted by Gasteiger charge is -2.18. The van der Waals surface area contributed by atoms with Gasteiger partial charge in [-0.05, 0) is 27.7 Å². The number of carboxylic acid groups (broad SMARTS) is 1. The molecule has 0 aliphatic heterocycles. The van der Waals surface area contributed by atoms with Crippen LogP contribution in [0.2, 0.25) is 0 Å². The first kappa shape index (κ1) is 20.3. The zero-order valence-corrected chi connectivity index (χ0v) is 14.6. The lowest BCUT2D eigenvalue weighted by Crippen LogP contribution is -2.27. The number of hydrogen-bond acceptors (Lipinski definition) is 10. The number of carboxylic acids is 1. The summed E-state index contributed by atoms with van der Waals surface area (Å²) in [5.41, 5.74) is -1.39. The Kier molecular flexibility index (Phi) is 6.85. The molecule has 1 rings (SSSR count). The Hall–Kier alpha value is -2.70. The average molecular weight is 370 g/mol. The van der Waals surface area contributed by atoms with Crippen molar-refractivity contribution in [2.45, 2.75) is 39.4 Å². The van der Waals surface area contributed by atoms with E-state index in [2.05, 4.69) is 32.5 Å². The number of carbonyl (C=O) groups excluding carboxylic acids is 2. The van der Waals surface area contributed by atoms with E-state index in [1.54, 1.807) is 20.8 Å². The second-order valence-corrected chi connectivity index (χ2v) is 6.23. The molecule has 0 spiro atoms. The molecule has 0 unspecified atom stereocenters. The summed E-state index contributed by atoms with van der Waals surface area (Å²) in [6.07, 6.45) is -2.02. The number of amides is 1. The zero-order valence-electron chi connectivity index (χ0n) is 13.8. The van der Waals surface area contributed by atoms with Gasteiger partial charge in [-0.1, -0.05) is 5.16 Å². The second-order valence-electron chi connectivity index (χ2n) is 5.48. The van der Waals surface area contributed by atoms with Gasteiger partial charge >= 0.3 is 26.1 Å². The smallest absolute Gasteiger partial charge is 0.414 e. The second kappa shape index (κ2) is 8.42. The maximum absolute atomic E-state index is 11.6. The highest BCUT2D eigenvalue weighted by Gasteiger charge is 2.23. The number of nitrogens with one attached hydrogen (secondary N) is 1. The third kappa shape index (κ3) is 6.75. The first-order valence-electron chi connectivity index (χ1n) is 6.75. The number of nitrogens with zero attached hydrogens (tertiary/aromatic N) is 3. The van der Waals surface area contributed by atoms with Gasteiger partial charge in [0.05, 0.1) is 0 Å². The van der Waals surface area contributed by atoms with E-state index >= 15 is 0 Å². The summed E-state index contributed by atoms with van der Waals surface area (Å²) in [6, 6.07) is 0. The largest absolute Gasteiger partial charge is 0.541 e. The number of rotatable bonds is 6. The van der Waals surface area contributed by atoms with Gasteiger partial charge in [0.25, 0.3) is 0 Å². The molecule has 2 N–H and O–H groups in total. The third-order valence-electron chi connectivity index (χ3n) is 2.20. The van der Waals surface area contributed by atoms with Crippen molar-refractivity contribution in [1.29, 1.82) is 0 Å². The number of oxime groups is 1. The Morgan fingerprint density at radius 1 is 1.36 bits per heavy atom. The van der Waals surface area contributed by atoms with Crippen LogP contribution < -0.4 is 5.32 Å². The standard InChI is InChI=1S/C12H15BN4O7S/c1-5(9(20)23-13)24-16-6(8(18)19)7-14-10(25-17-7)15-11(21)22-12(2,3)4/h5H,1-4H3,(H,18,19)(H,14,15,17,21)/b16-6-/t5-/m0/s1. The van der Waals surface area contributed by atoms with Crippen molar-refractivity contribution >= 4 is 48.5 Å². The topological polar surface area (TPSA) is 149 Å². The van der Waals surface area contributed by atoms with Crippen LogP contribution in [0.25, 0.3) is 0 Å². The molecule has 0 saturated heterocycles. The van der Waals surface area contributed by atoms with E-state index in [9.17, 15) is 14.4 Å². The van der Waals surface area contributed by atoms with Crippen LogP contribution in [0.1, 0.15) is 33.5 Å². The summed E-state index contributed by atoms with van der Waals surface area (Å²) in [6.45, 7) is 6.29. The Morgan fingerprint density at radius 3 is 2.52 bits per heavy atom. The predicted octanol–water partition coefficient (Wildman–Crippen LogP) is 0.706. The van der Waals surface area contributed by atoms with Gasteiger partial charge in [0.15, 0.2) is 0 Å². The van der Waals surface area contributed by atoms with Crippen molar-refractivity contribution in [2.75, 3.05) is 5.32 Å². The van der Waals surface area contributed by atoms with Crippen LogP contribution in [0, 0.1) is 0 Å². The van der Waals surface area contributed by atoms with Crippen LogP contribution in [0.5, 0.6) is 0 Å². The number of aliphatic carboxylic acids is 1. The molecule has 1 atom stereocenters. The van der Waals surface area contributed by atoms with E-state index in [1.807, 2.05) is 0 Å². The molecule has 1 aromatic heterocycles. The number of ether oxygens (including phenoxy) is 1. The Labute approximate surface area is 148 Å². The normalized spacial score (nSPS) is 12.9. The highest BCUT2D eigenvalue weighted by atomic mass is 32.1. The first-order valence-corrected chi connectivity index (χ1v) is 7.52. The maximum Gasteiger partial charge on any atom is 0.414 e. The van der Waals surface area contributed by atoms with Gasteiger partial charge in [-0.25, -0.2) is 14.4 Å². The van der Waals surface area contributed by atoms with Gasteiger partial charge in [-0.3, -0.25) is 5.32 Å². The van der Waals surface area contributed by atoms with E-state index in [0.717, 1.165) is 0 Å². The molecular weight excluding hydrogens is 355 g/mol. The van der Waals surface area contributed by atoms with Crippen molar-refractivity contribution in [2.24, 2.45) is 5.16 Å². The van der Waals surface area contributed by atoms with Gasteiger partial charge in [0.1, 0.15) is 5.60 Å². The molecule has 2 radical (unpaired) electrons. The molecule has 13 heteroatoms. The Balaban J connectivity index is 2.86. The fourth-order valence-electron chi connectivity index (χ4n) is 1.21. The lowest BCUT2D eigenvalue weighted by atomic mass is 10.2. The van der Waals surface area contributed by atoms with Gasteiger partial charge in [-0.2, -0.15) is 9.36 Å². The fourth-order valence-corrected chi connectivity index (χ4v) is 1.76. The number of hydrogen-bond donors (Lipinski definition) is 2. The lowest BCUT2D eigenvalue weighted by molar-refractivity contribution is -0.146. The molecule has 1 aromatic rings. The third-order valence-corrected chi connectivity index (χ3v) is 2.83. The van der Waals surface area contributed by atoms with E-state index in [4.69, 9.17) is 14.7 Å². The number of anilines is 1. The van der Waals surface area contributed by atoms with Crippen molar-refractivity contribution < 1.29 is 33.7 Å². The molecular formula is C12H15BN4O7S. The monoisotopic (exact) mass is 370 g/mol. The molecule has 11 nitrogen and oxygen atoms in total. The number of aromatic nitrogens is 2. The Morgan fingerprint density at radius 2 is 2.00 bits per heavy atom. The van der Waals surface area contributed by atoms with Gasteiger partial charge < -0.3 is 19.3 Å². The molecule has 1 amide bonds. The molecule has 0 saturated carbocycles. The van der Waals surface area contributed by atoms with Crippen LogP contribution in [0.3, 0.4) is 0 Å². The number of carbonyl (C=O) groups is 3. The van der Waals surface area contributed by atoms with E-state index in [1.165, 1.54) is 6.92 Å². The molecule has 0 fully saturated rings. The van der Waals surface area contributed by atoms with E-state index in [0.29, 0.717) is 11.5 Å². The highest BCUT2D eigenvalue weighted by molar-refractivity contribution is 7.10. The molecule has 0 bridgehead atoms. The SMILES string of the molecule is [B]OC(=O)[C@H](C)O/N=C(\C(=O)O)c1nsc(NC(=O)OC(C)(C)C)n1. The molecule has 0 aromatic carbocycles.